The van der Waals surface area contributed by atoms with Crippen LogP contribution in [0.3, 0.4) is 0 Å². The first-order chi connectivity index (χ1) is 7.81. The van der Waals surface area contributed by atoms with Crippen molar-refractivity contribution in [3.8, 4) is 0 Å². The lowest BCUT2D eigenvalue weighted by Crippen LogP contribution is -2.48. The average molecular weight is 246 g/mol. The van der Waals surface area contributed by atoms with Crippen LogP contribution in [0.4, 0.5) is 0 Å². The van der Waals surface area contributed by atoms with Crippen LogP contribution in [0.2, 0.25) is 0 Å². The molecule has 17 heavy (non-hydrogen) atoms. The topological polar surface area (TPSA) is 55.7 Å². The largest absolute Gasteiger partial charge is 0.396 e. The fourth-order valence-corrected chi connectivity index (χ4v) is 2.11. The van der Waals surface area contributed by atoms with Crippen molar-refractivity contribution in [3.05, 3.63) is 0 Å². The molecule has 104 valence electrons. The zero-order valence-corrected chi connectivity index (χ0v) is 12.1. The number of aliphatic hydroxyl groups excluding tert-OH is 1. The standard InChI is InChI=1S/C13H30N2O2/c1-6-13(7-2,11-16)9-14-8-12(3,17)10-15(4)5/h14,16-17H,6-11H2,1-5H3. The summed E-state index contributed by atoms with van der Waals surface area (Å²) in [5.41, 5.74) is -0.777. The summed E-state index contributed by atoms with van der Waals surface area (Å²) in [6, 6.07) is 0. The molecule has 0 aromatic rings. The van der Waals surface area contributed by atoms with Crippen LogP contribution in [-0.4, -0.2) is 61.1 Å². The maximum atomic E-state index is 10.1. The van der Waals surface area contributed by atoms with Gasteiger partial charge in [0, 0.05) is 31.7 Å². The second-order valence-corrected chi connectivity index (χ2v) is 5.70. The van der Waals surface area contributed by atoms with E-state index in [4.69, 9.17) is 0 Å². The second kappa shape index (κ2) is 7.31. The molecule has 4 heteroatoms. The van der Waals surface area contributed by atoms with Crippen LogP contribution in [-0.2, 0) is 0 Å². The van der Waals surface area contributed by atoms with Gasteiger partial charge in [-0.25, -0.2) is 0 Å². The van der Waals surface area contributed by atoms with Crippen molar-refractivity contribution in [2.75, 3.05) is 40.3 Å². The van der Waals surface area contributed by atoms with E-state index in [1.54, 1.807) is 0 Å². The molecule has 0 saturated carbocycles. The van der Waals surface area contributed by atoms with Crippen molar-refractivity contribution < 1.29 is 10.2 Å². The fourth-order valence-electron chi connectivity index (χ4n) is 2.11. The Labute approximate surface area is 106 Å². The Kier molecular flexibility index (Phi) is 7.24. The minimum Gasteiger partial charge on any atom is -0.396 e. The third-order valence-electron chi connectivity index (χ3n) is 3.50. The van der Waals surface area contributed by atoms with Crippen molar-refractivity contribution in [1.29, 1.82) is 0 Å². The van der Waals surface area contributed by atoms with Crippen LogP contribution in [0, 0.1) is 5.41 Å². The van der Waals surface area contributed by atoms with Gasteiger partial charge in [0.1, 0.15) is 0 Å². The maximum Gasteiger partial charge on any atom is 0.0869 e. The van der Waals surface area contributed by atoms with Gasteiger partial charge in [-0.3, -0.25) is 0 Å². The SMILES string of the molecule is CCC(CC)(CO)CNCC(C)(O)CN(C)C. The van der Waals surface area contributed by atoms with Gasteiger partial charge in [0.2, 0.25) is 0 Å². The van der Waals surface area contributed by atoms with Gasteiger partial charge in [0.15, 0.2) is 0 Å². The summed E-state index contributed by atoms with van der Waals surface area (Å²) < 4.78 is 0. The highest BCUT2D eigenvalue weighted by Crippen LogP contribution is 2.24. The molecule has 0 radical (unpaired) electrons. The maximum absolute atomic E-state index is 10.1. The van der Waals surface area contributed by atoms with Crippen molar-refractivity contribution in [3.63, 3.8) is 0 Å². The molecule has 0 aliphatic carbocycles. The summed E-state index contributed by atoms with van der Waals surface area (Å²) in [5.74, 6) is 0. The second-order valence-electron chi connectivity index (χ2n) is 5.70. The zero-order valence-electron chi connectivity index (χ0n) is 12.1. The summed E-state index contributed by atoms with van der Waals surface area (Å²) in [4.78, 5) is 1.97. The van der Waals surface area contributed by atoms with Crippen molar-refractivity contribution in [2.24, 2.45) is 5.41 Å². The zero-order chi connectivity index (χ0) is 13.5. The minimum atomic E-state index is -0.730. The quantitative estimate of drug-likeness (QED) is 0.560. The number of nitrogens with one attached hydrogen (secondary N) is 1. The number of aliphatic hydroxyl groups is 2. The Morgan fingerprint density at radius 2 is 1.65 bits per heavy atom. The molecule has 1 atom stereocenters. The monoisotopic (exact) mass is 246 g/mol. The molecule has 1 unspecified atom stereocenters. The van der Waals surface area contributed by atoms with Crippen LogP contribution in [0.15, 0.2) is 0 Å². The van der Waals surface area contributed by atoms with Crippen LogP contribution in [0.25, 0.3) is 0 Å². The summed E-state index contributed by atoms with van der Waals surface area (Å²) >= 11 is 0. The van der Waals surface area contributed by atoms with Crippen LogP contribution in [0.1, 0.15) is 33.6 Å². The van der Waals surface area contributed by atoms with E-state index in [-0.39, 0.29) is 12.0 Å². The third-order valence-corrected chi connectivity index (χ3v) is 3.50. The van der Waals surface area contributed by atoms with Crippen molar-refractivity contribution >= 4 is 0 Å². The number of hydrogen-bond donors (Lipinski definition) is 3. The van der Waals surface area contributed by atoms with E-state index in [1.165, 1.54) is 0 Å². The van der Waals surface area contributed by atoms with Crippen molar-refractivity contribution in [2.45, 2.75) is 39.2 Å². The molecule has 0 aromatic heterocycles. The van der Waals surface area contributed by atoms with Gasteiger partial charge in [-0.15, -0.1) is 0 Å². The van der Waals surface area contributed by atoms with E-state index in [1.807, 2.05) is 25.9 Å². The summed E-state index contributed by atoms with van der Waals surface area (Å²) in [6.45, 7) is 8.15. The lowest BCUT2D eigenvalue weighted by molar-refractivity contribution is 0.0274. The van der Waals surface area contributed by atoms with Crippen LogP contribution in [0.5, 0.6) is 0 Å². The highest BCUT2D eigenvalue weighted by atomic mass is 16.3. The van der Waals surface area contributed by atoms with Crippen LogP contribution >= 0.6 is 0 Å². The molecular weight excluding hydrogens is 216 g/mol. The molecule has 0 aliphatic rings. The molecule has 4 nitrogen and oxygen atoms in total. The molecule has 0 aliphatic heterocycles. The number of nitrogens with zero attached hydrogens (tertiary/aromatic N) is 1. The first-order valence-electron chi connectivity index (χ1n) is 6.49. The smallest absolute Gasteiger partial charge is 0.0869 e. The number of rotatable bonds is 9. The Morgan fingerprint density at radius 3 is 2.00 bits per heavy atom. The molecule has 0 spiro atoms. The molecule has 0 fully saturated rings. The van der Waals surface area contributed by atoms with Crippen molar-refractivity contribution in [1.82, 2.24) is 10.2 Å². The Hall–Kier alpha value is -0.160. The fraction of sp³-hybridized carbons (Fsp3) is 1.00. The molecule has 0 amide bonds. The highest BCUT2D eigenvalue weighted by Gasteiger charge is 2.27. The Morgan fingerprint density at radius 1 is 1.12 bits per heavy atom. The number of hydrogen-bond acceptors (Lipinski definition) is 4. The minimum absolute atomic E-state index is 0.0474. The molecule has 0 bridgehead atoms. The van der Waals surface area contributed by atoms with Gasteiger partial charge in [-0.2, -0.15) is 0 Å². The summed E-state index contributed by atoms with van der Waals surface area (Å²) in [6.07, 6.45) is 1.89. The normalized spacial score (nSPS) is 16.2. The lowest BCUT2D eigenvalue weighted by Gasteiger charge is -2.33. The molecule has 3 N–H and O–H groups in total. The molecular formula is C13H30N2O2. The Balaban J connectivity index is 4.12. The summed E-state index contributed by atoms with van der Waals surface area (Å²) in [7, 11) is 3.90. The highest BCUT2D eigenvalue weighted by molar-refractivity contribution is 4.83. The molecule has 0 rings (SSSR count). The van der Waals surface area contributed by atoms with E-state index < -0.39 is 5.60 Å². The summed E-state index contributed by atoms with van der Waals surface area (Å²) in [5, 5.41) is 22.9. The van der Waals surface area contributed by atoms with E-state index in [9.17, 15) is 10.2 Å². The Bertz CT molecular complexity index is 193. The van der Waals surface area contributed by atoms with E-state index in [0.29, 0.717) is 13.1 Å². The predicted molar refractivity (Wildman–Crippen MR) is 72.1 cm³/mol. The predicted octanol–water partition coefficient (Wildman–Crippen LogP) is 0.687. The van der Waals surface area contributed by atoms with E-state index >= 15 is 0 Å². The average Bonchev–Trinajstić information content (AvgIpc) is 2.23. The van der Waals surface area contributed by atoms with Gasteiger partial charge in [-0.1, -0.05) is 13.8 Å². The molecule has 0 aromatic carbocycles. The van der Waals surface area contributed by atoms with Gasteiger partial charge < -0.3 is 20.4 Å². The van der Waals surface area contributed by atoms with Gasteiger partial charge in [0.25, 0.3) is 0 Å². The van der Waals surface area contributed by atoms with E-state index in [0.717, 1.165) is 19.4 Å². The number of likely N-dealkylation sites (N-methyl/N-ethyl adjacent to an activating group) is 1. The first-order valence-corrected chi connectivity index (χ1v) is 6.49. The van der Waals surface area contributed by atoms with Crippen LogP contribution < -0.4 is 5.32 Å². The first kappa shape index (κ1) is 16.8. The van der Waals surface area contributed by atoms with Gasteiger partial charge in [0.05, 0.1) is 5.60 Å². The van der Waals surface area contributed by atoms with Gasteiger partial charge in [-0.05, 0) is 33.9 Å². The third kappa shape index (κ3) is 6.36. The molecule has 0 saturated heterocycles. The lowest BCUT2D eigenvalue weighted by atomic mass is 9.83. The molecule has 0 heterocycles. The van der Waals surface area contributed by atoms with E-state index in [2.05, 4.69) is 19.2 Å². The van der Waals surface area contributed by atoms with Gasteiger partial charge >= 0.3 is 0 Å².